The fraction of sp³-hybridized carbons (Fsp3) is 0.150. The maximum Gasteiger partial charge on any atom is 0.339 e. The zero-order chi connectivity index (χ0) is 16.0. The van der Waals surface area contributed by atoms with Crippen LogP contribution in [0.2, 0.25) is 0 Å². The van der Waals surface area contributed by atoms with E-state index in [1.54, 1.807) is 0 Å². The Balaban J connectivity index is 2.22. The van der Waals surface area contributed by atoms with Gasteiger partial charge in [0.2, 0.25) is 0 Å². The van der Waals surface area contributed by atoms with E-state index in [1.807, 2.05) is 44.2 Å². The molecule has 0 amide bonds. The molecule has 0 atom stereocenters. The molecule has 3 nitrogen and oxygen atoms in total. The van der Waals surface area contributed by atoms with Gasteiger partial charge in [0.25, 0.3) is 0 Å². The van der Waals surface area contributed by atoms with Crippen molar-refractivity contribution in [2.75, 3.05) is 6.61 Å². The molecule has 0 radical (unpaired) electrons. The van der Waals surface area contributed by atoms with Crippen LogP contribution >= 0.6 is 0 Å². The van der Waals surface area contributed by atoms with Crippen molar-refractivity contribution < 1.29 is 9.53 Å². The molecule has 23 heavy (non-hydrogen) atoms. The van der Waals surface area contributed by atoms with Gasteiger partial charge in [-0.1, -0.05) is 42.5 Å². The van der Waals surface area contributed by atoms with Crippen LogP contribution in [-0.4, -0.2) is 17.0 Å². The Morgan fingerprint density at radius 2 is 1.57 bits per heavy atom. The van der Waals surface area contributed by atoms with Crippen LogP contribution in [0.5, 0.6) is 0 Å². The largest absolute Gasteiger partial charge is 0.462 e. The summed E-state index contributed by atoms with van der Waals surface area (Å²) in [6.07, 6.45) is 0. The van der Waals surface area contributed by atoms with Gasteiger partial charge in [-0.2, -0.15) is 0 Å². The number of pyridine rings is 1. The first-order valence-corrected chi connectivity index (χ1v) is 7.81. The Hall–Kier alpha value is -2.81. The minimum atomic E-state index is -0.262. The first-order chi connectivity index (χ1) is 11.2. The summed E-state index contributed by atoms with van der Waals surface area (Å²) in [6.45, 7) is 4.18. The van der Waals surface area contributed by atoms with Crippen LogP contribution in [-0.2, 0) is 4.74 Å². The van der Waals surface area contributed by atoms with Gasteiger partial charge in [0, 0.05) is 16.5 Å². The summed E-state index contributed by atoms with van der Waals surface area (Å²) in [6, 6.07) is 18.6. The molecule has 0 bridgehead atoms. The summed E-state index contributed by atoms with van der Waals surface area (Å²) in [5, 5.41) is 3.53. The van der Waals surface area contributed by atoms with Gasteiger partial charge < -0.3 is 9.14 Å². The van der Waals surface area contributed by atoms with Gasteiger partial charge >= 0.3 is 5.97 Å². The number of ether oxygens (including phenoxy) is 1. The third kappa shape index (κ3) is 1.93. The number of para-hydroxylation sites is 1. The molecule has 0 spiro atoms. The maximum absolute atomic E-state index is 12.3. The smallest absolute Gasteiger partial charge is 0.339 e. The summed E-state index contributed by atoms with van der Waals surface area (Å²) in [5.74, 6) is -0.262. The lowest BCUT2D eigenvalue weighted by Gasteiger charge is -2.10. The number of carbonyl (C=O) groups is 1. The fourth-order valence-corrected chi connectivity index (χ4v) is 3.37. The standard InChI is InChI=1S/C20H17NO2/c1-3-23-20(22)17-12-19-16-10-5-4-8-14(16)15-9-6-7-11-18(15)21(19)13(17)2/h4-12H,3H2,1-2H3. The third-order valence-electron chi connectivity index (χ3n) is 4.38. The van der Waals surface area contributed by atoms with E-state index in [0.717, 1.165) is 22.1 Å². The van der Waals surface area contributed by atoms with Gasteiger partial charge in [0.1, 0.15) is 0 Å². The molecule has 2 heterocycles. The lowest BCUT2D eigenvalue weighted by molar-refractivity contribution is 0.0525. The van der Waals surface area contributed by atoms with E-state index in [2.05, 4.69) is 28.7 Å². The molecule has 2 aromatic carbocycles. The van der Waals surface area contributed by atoms with Crippen LogP contribution in [0, 0.1) is 6.92 Å². The normalized spacial score (nSPS) is 11.4. The first kappa shape index (κ1) is 13.8. The maximum atomic E-state index is 12.3. The first-order valence-electron chi connectivity index (χ1n) is 7.81. The van der Waals surface area contributed by atoms with Crippen molar-refractivity contribution in [3.63, 3.8) is 0 Å². The predicted molar refractivity (Wildman–Crippen MR) is 93.1 cm³/mol. The van der Waals surface area contributed by atoms with Crippen LogP contribution < -0.4 is 0 Å². The van der Waals surface area contributed by atoms with Crippen molar-refractivity contribution >= 4 is 33.2 Å². The molecule has 0 aliphatic carbocycles. The van der Waals surface area contributed by atoms with E-state index in [1.165, 1.54) is 10.8 Å². The van der Waals surface area contributed by atoms with E-state index in [0.29, 0.717) is 12.2 Å². The molecule has 4 aromatic rings. The summed E-state index contributed by atoms with van der Waals surface area (Å²) in [4.78, 5) is 12.3. The average Bonchev–Trinajstić information content (AvgIpc) is 2.93. The van der Waals surface area contributed by atoms with Gasteiger partial charge in [0.15, 0.2) is 0 Å². The van der Waals surface area contributed by atoms with E-state index < -0.39 is 0 Å². The molecule has 0 aliphatic rings. The number of nitrogens with zero attached hydrogens (tertiary/aromatic N) is 1. The predicted octanol–water partition coefficient (Wildman–Crippen LogP) is 4.73. The lowest BCUT2D eigenvalue weighted by atomic mass is 10.1. The Labute approximate surface area is 134 Å². The van der Waals surface area contributed by atoms with Crippen molar-refractivity contribution in [2.45, 2.75) is 13.8 Å². The van der Waals surface area contributed by atoms with Crippen molar-refractivity contribution in [3.05, 3.63) is 65.9 Å². The number of aromatic nitrogens is 1. The monoisotopic (exact) mass is 303 g/mol. The SMILES string of the molecule is CCOC(=O)c1cc2c3ccccc3c3ccccc3n2c1C. The highest BCUT2D eigenvalue weighted by Gasteiger charge is 2.18. The molecule has 4 rings (SSSR count). The zero-order valence-electron chi connectivity index (χ0n) is 13.2. The molecule has 114 valence electrons. The molecule has 0 saturated carbocycles. The second-order valence-corrected chi connectivity index (χ2v) is 5.65. The number of carbonyl (C=O) groups excluding carboxylic acids is 1. The molecule has 0 unspecified atom stereocenters. The van der Waals surface area contributed by atoms with Crippen molar-refractivity contribution in [3.8, 4) is 0 Å². The Morgan fingerprint density at radius 3 is 2.26 bits per heavy atom. The molecular weight excluding hydrogens is 286 g/mol. The number of hydrogen-bond donors (Lipinski definition) is 0. The number of rotatable bonds is 2. The lowest BCUT2D eigenvalue weighted by Crippen LogP contribution is -2.05. The minimum Gasteiger partial charge on any atom is -0.462 e. The number of benzene rings is 2. The molecule has 0 fully saturated rings. The highest BCUT2D eigenvalue weighted by Crippen LogP contribution is 2.32. The average molecular weight is 303 g/mol. The van der Waals surface area contributed by atoms with Gasteiger partial charge in [-0.3, -0.25) is 0 Å². The van der Waals surface area contributed by atoms with Crippen molar-refractivity contribution in [1.29, 1.82) is 0 Å². The van der Waals surface area contributed by atoms with Gasteiger partial charge in [0.05, 0.1) is 23.2 Å². The van der Waals surface area contributed by atoms with Gasteiger partial charge in [-0.25, -0.2) is 4.79 Å². The quantitative estimate of drug-likeness (QED) is 0.396. The molecular formula is C20H17NO2. The number of fused-ring (bicyclic) bond motifs is 6. The second kappa shape index (κ2) is 5.13. The zero-order valence-corrected chi connectivity index (χ0v) is 13.2. The number of hydrogen-bond acceptors (Lipinski definition) is 2. The summed E-state index contributed by atoms with van der Waals surface area (Å²) in [7, 11) is 0. The van der Waals surface area contributed by atoms with Crippen LogP contribution in [0.1, 0.15) is 23.0 Å². The van der Waals surface area contributed by atoms with Crippen molar-refractivity contribution in [2.24, 2.45) is 0 Å². The highest BCUT2D eigenvalue weighted by atomic mass is 16.5. The Bertz CT molecular complexity index is 1060. The van der Waals surface area contributed by atoms with E-state index in [4.69, 9.17) is 4.74 Å². The summed E-state index contributed by atoms with van der Waals surface area (Å²) in [5.41, 5.74) is 3.70. The van der Waals surface area contributed by atoms with Crippen LogP contribution in [0.4, 0.5) is 0 Å². The molecule has 0 saturated heterocycles. The Morgan fingerprint density at radius 1 is 0.957 bits per heavy atom. The Kier molecular flexibility index (Phi) is 3.08. The van der Waals surface area contributed by atoms with Gasteiger partial charge in [-0.05, 0) is 31.4 Å². The van der Waals surface area contributed by atoms with E-state index in [9.17, 15) is 4.79 Å². The number of esters is 1. The van der Waals surface area contributed by atoms with Crippen LogP contribution in [0.25, 0.3) is 27.2 Å². The number of aryl methyl sites for hydroxylation is 1. The topological polar surface area (TPSA) is 30.7 Å². The van der Waals surface area contributed by atoms with Crippen LogP contribution in [0.15, 0.2) is 54.6 Å². The van der Waals surface area contributed by atoms with Crippen molar-refractivity contribution in [1.82, 2.24) is 4.40 Å². The highest BCUT2D eigenvalue weighted by molar-refractivity contribution is 6.13. The fourth-order valence-electron chi connectivity index (χ4n) is 3.37. The van der Waals surface area contributed by atoms with E-state index >= 15 is 0 Å². The van der Waals surface area contributed by atoms with Gasteiger partial charge in [-0.15, -0.1) is 0 Å². The molecule has 0 aliphatic heterocycles. The van der Waals surface area contributed by atoms with Crippen LogP contribution in [0.3, 0.4) is 0 Å². The molecule has 0 N–H and O–H groups in total. The summed E-state index contributed by atoms with van der Waals surface area (Å²) < 4.78 is 7.37. The molecule has 3 heteroatoms. The minimum absolute atomic E-state index is 0.262. The molecule has 2 aromatic heterocycles. The summed E-state index contributed by atoms with van der Waals surface area (Å²) >= 11 is 0. The second-order valence-electron chi connectivity index (χ2n) is 5.65. The third-order valence-corrected chi connectivity index (χ3v) is 4.38. The van der Waals surface area contributed by atoms with E-state index in [-0.39, 0.29) is 5.97 Å².